The Bertz CT molecular complexity index is 1070. The van der Waals surface area contributed by atoms with Gasteiger partial charge in [-0.25, -0.2) is 4.79 Å². The molecule has 2 aromatic rings. The van der Waals surface area contributed by atoms with E-state index in [1.54, 1.807) is 12.1 Å². The van der Waals surface area contributed by atoms with Gasteiger partial charge in [-0.15, -0.1) is 11.3 Å². The van der Waals surface area contributed by atoms with E-state index in [2.05, 4.69) is 16.0 Å². The summed E-state index contributed by atoms with van der Waals surface area (Å²) in [7, 11) is 0. The van der Waals surface area contributed by atoms with Gasteiger partial charge in [0.15, 0.2) is 0 Å². The first kappa shape index (κ1) is 21.9. The molecule has 8 heteroatoms. The quantitative estimate of drug-likeness (QED) is 0.569. The van der Waals surface area contributed by atoms with Crippen LogP contribution in [0.15, 0.2) is 24.3 Å². The van der Waals surface area contributed by atoms with Gasteiger partial charge in [0.25, 0.3) is 5.91 Å². The molecule has 33 heavy (non-hydrogen) atoms. The highest BCUT2D eigenvalue weighted by Crippen LogP contribution is 2.40. The number of aryl methyl sites for hydroxylation is 2. The Morgan fingerprint density at radius 2 is 1.82 bits per heavy atom. The molecule has 0 saturated heterocycles. The number of hydrogen-bond acceptors (Lipinski definition) is 5. The van der Waals surface area contributed by atoms with Crippen molar-refractivity contribution in [2.24, 2.45) is 11.8 Å². The van der Waals surface area contributed by atoms with Gasteiger partial charge in [-0.2, -0.15) is 0 Å². The third kappa shape index (κ3) is 5.38. The molecule has 3 amide bonds. The summed E-state index contributed by atoms with van der Waals surface area (Å²) in [5.41, 5.74) is 2.60. The van der Waals surface area contributed by atoms with Crippen LogP contribution in [0.5, 0.6) is 5.75 Å². The molecule has 0 spiro atoms. The number of carbonyl (C=O) groups is 3. The minimum atomic E-state index is -0.496. The number of ether oxygens (including phenoxy) is 1. The predicted octanol–water partition coefficient (Wildman–Crippen LogP) is 4.19. The third-order valence-corrected chi connectivity index (χ3v) is 7.68. The zero-order valence-corrected chi connectivity index (χ0v) is 19.6. The topological polar surface area (TPSA) is 96.5 Å². The molecule has 1 unspecified atom stereocenters. The number of fused-ring (bicyclic) bond motifs is 1. The Labute approximate surface area is 197 Å². The number of amides is 3. The van der Waals surface area contributed by atoms with E-state index in [0.29, 0.717) is 35.2 Å². The summed E-state index contributed by atoms with van der Waals surface area (Å²) in [6.07, 6.45) is 5.69. The molecule has 3 N–H and O–H groups in total. The van der Waals surface area contributed by atoms with Crippen LogP contribution in [0, 0.1) is 18.8 Å². The van der Waals surface area contributed by atoms with Crippen molar-refractivity contribution in [3.8, 4) is 5.75 Å². The van der Waals surface area contributed by atoms with Crippen molar-refractivity contribution in [2.45, 2.75) is 57.9 Å². The number of anilines is 1. The van der Waals surface area contributed by atoms with Crippen molar-refractivity contribution in [1.82, 2.24) is 10.6 Å². The van der Waals surface area contributed by atoms with Crippen molar-refractivity contribution in [1.29, 1.82) is 0 Å². The fourth-order valence-electron chi connectivity index (χ4n) is 4.15. The molecular weight excluding hydrogens is 438 g/mol. The second kappa shape index (κ2) is 9.17. The van der Waals surface area contributed by atoms with Gasteiger partial charge in [-0.1, -0.05) is 17.7 Å². The molecule has 0 bridgehead atoms. The number of hydrogen-bond donors (Lipinski definition) is 3. The second-order valence-electron chi connectivity index (χ2n) is 9.41. The molecule has 1 aromatic heterocycles. The maximum Gasteiger partial charge on any atom is 0.412 e. The smallest absolute Gasteiger partial charge is 0.410 e. The number of rotatable bonds is 7. The van der Waals surface area contributed by atoms with Gasteiger partial charge in [-0.05, 0) is 75.5 Å². The molecule has 174 valence electrons. The maximum atomic E-state index is 13.1. The molecule has 0 radical (unpaired) electrons. The molecule has 1 atom stereocenters. The van der Waals surface area contributed by atoms with Gasteiger partial charge in [0.2, 0.25) is 5.91 Å². The Morgan fingerprint density at radius 1 is 1.06 bits per heavy atom. The predicted molar refractivity (Wildman–Crippen MR) is 127 cm³/mol. The average molecular weight is 468 g/mol. The lowest BCUT2D eigenvalue weighted by Crippen LogP contribution is -2.40. The first-order chi connectivity index (χ1) is 16.0. The maximum absolute atomic E-state index is 13.1. The van der Waals surface area contributed by atoms with E-state index < -0.39 is 6.09 Å². The van der Waals surface area contributed by atoms with Crippen molar-refractivity contribution < 1.29 is 19.1 Å². The minimum absolute atomic E-state index is 0.00110. The summed E-state index contributed by atoms with van der Waals surface area (Å²) in [6, 6.07) is 7.19. The first-order valence-corrected chi connectivity index (χ1v) is 12.6. The van der Waals surface area contributed by atoms with Crippen LogP contribution in [0.3, 0.4) is 0 Å². The van der Waals surface area contributed by atoms with Crippen LogP contribution >= 0.6 is 11.3 Å². The zero-order valence-electron chi connectivity index (χ0n) is 18.7. The van der Waals surface area contributed by atoms with Crippen molar-refractivity contribution >= 4 is 34.2 Å². The van der Waals surface area contributed by atoms with Gasteiger partial charge in [0, 0.05) is 23.4 Å². The SMILES string of the molecule is Cc1ccc(OC(=O)NC2CCc3sc(NC(=O)C4CC4)c(C(=O)NCC4CC4)c3C2)cc1. The van der Waals surface area contributed by atoms with Crippen LogP contribution in [0.2, 0.25) is 0 Å². The largest absolute Gasteiger partial charge is 0.412 e. The number of carbonyl (C=O) groups excluding carboxylic acids is 3. The highest BCUT2D eigenvalue weighted by atomic mass is 32.1. The highest BCUT2D eigenvalue weighted by molar-refractivity contribution is 7.17. The third-order valence-electron chi connectivity index (χ3n) is 6.47. The summed E-state index contributed by atoms with van der Waals surface area (Å²) in [4.78, 5) is 39.1. The average Bonchev–Trinajstić information content (AvgIpc) is 3.70. The van der Waals surface area contributed by atoms with Crippen molar-refractivity contribution in [2.75, 3.05) is 11.9 Å². The van der Waals surface area contributed by atoms with E-state index in [1.807, 2.05) is 19.1 Å². The minimum Gasteiger partial charge on any atom is -0.410 e. The van der Waals surface area contributed by atoms with E-state index in [0.717, 1.165) is 54.5 Å². The number of thiophene rings is 1. The summed E-state index contributed by atoms with van der Waals surface area (Å²) in [6.45, 7) is 2.65. The van der Waals surface area contributed by atoms with Crippen molar-refractivity contribution in [3.63, 3.8) is 0 Å². The van der Waals surface area contributed by atoms with Gasteiger partial charge in [0.05, 0.1) is 5.56 Å². The summed E-state index contributed by atoms with van der Waals surface area (Å²) in [5.74, 6) is 1.00. The molecule has 5 rings (SSSR count). The van der Waals surface area contributed by atoms with Crippen LogP contribution in [0.4, 0.5) is 9.80 Å². The number of nitrogens with one attached hydrogen (secondary N) is 3. The van der Waals surface area contributed by atoms with E-state index >= 15 is 0 Å². The second-order valence-corrected chi connectivity index (χ2v) is 10.5. The van der Waals surface area contributed by atoms with E-state index in [9.17, 15) is 14.4 Å². The monoisotopic (exact) mass is 467 g/mol. The Balaban J connectivity index is 1.29. The Morgan fingerprint density at radius 3 is 2.52 bits per heavy atom. The van der Waals surface area contributed by atoms with Gasteiger partial charge in [-0.3, -0.25) is 9.59 Å². The molecule has 1 aromatic carbocycles. The Hall–Kier alpha value is -2.87. The normalized spacial score (nSPS) is 19.4. The summed E-state index contributed by atoms with van der Waals surface area (Å²) in [5, 5.41) is 9.66. The zero-order chi connectivity index (χ0) is 22.9. The molecule has 2 fully saturated rings. The van der Waals surface area contributed by atoms with Crippen LogP contribution in [-0.4, -0.2) is 30.5 Å². The van der Waals surface area contributed by atoms with Gasteiger partial charge < -0.3 is 20.7 Å². The lowest BCUT2D eigenvalue weighted by molar-refractivity contribution is -0.117. The highest BCUT2D eigenvalue weighted by Gasteiger charge is 2.34. The van der Waals surface area contributed by atoms with Gasteiger partial charge >= 0.3 is 6.09 Å². The molecular formula is C25H29N3O4S. The molecule has 2 saturated carbocycles. The fourth-order valence-corrected chi connectivity index (χ4v) is 5.40. The van der Waals surface area contributed by atoms with Crippen LogP contribution in [-0.2, 0) is 17.6 Å². The molecule has 3 aliphatic carbocycles. The van der Waals surface area contributed by atoms with E-state index in [1.165, 1.54) is 11.3 Å². The standard InChI is InChI=1S/C25H29N3O4S/c1-14-2-9-18(10-3-14)32-25(31)27-17-8-11-20-19(12-17)21(23(30)26-13-15-4-5-15)24(33-20)28-22(29)16-6-7-16/h2-3,9-10,15-17H,4-8,11-13H2,1H3,(H,26,30)(H,27,31)(H,28,29). The van der Waals surface area contributed by atoms with E-state index in [-0.39, 0.29) is 23.8 Å². The van der Waals surface area contributed by atoms with Gasteiger partial charge in [0.1, 0.15) is 10.8 Å². The van der Waals surface area contributed by atoms with E-state index in [4.69, 9.17) is 4.74 Å². The molecule has 3 aliphatic rings. The summed E-state index contributed by atoms with van der Waals surface area (Å²) >= 11 is 1.50. The van der Waals surface area contributed by atoms with Crippen LogP contribution < -0.4 is 20.7 Å². The first-order valence-electron chi connectivity index (χ1n) is 11.7. The Kier molecular flexibility index (Phi) is 6.10. The lowest BCUT2D eigenvalue weighted by Gasteiger charge is -2.23. The summed E-state index contributed by atoms with van der Waals surface area (Å²) < 4.78 is 5.42. The van der Waals surface area contributed by atoms with Crippen LogP contribution in [0.25, 0.3) is 0 Å². The van der Waals surface area contributed by atoms with Crippen molar-refractivity contribution in [3.05, 3.63) is 45.8 Å². The fraction of sp³-hybridized carbons (Fsp3) is 0.480. The number of benzene rings is 1. The lowest BCUT2D eigenvalue weighted by atomic mass is 9.91. The molecule has 0 aliphatic heterocycles. The molecule has 7 nitrogen and oxygen atoms in total. The van der Waals surface area contributed by atoms with Crippen LogP contribution in [0.1, 0.15) is 58.5 Å². The molecule has 1 heterocycles.